The van der Waals surface area contributed by atoms with Crippen molar-refractivity contribution in [3.05, 3.63) is 63.2 Å². The largest absolute Gasteiger partial charge is 0.508 e. The molecule has 0 aliphatic carbocycles. The van der Waals surface area contributed by atoms with E-state index in [0.717, 1.165) is 5.56 Å². The van der Waals surface area contributed by atoms with Crippen molar-refractivity contribution >= 4 is 28.6 Å². The molecule has 1 aliphatic heterocycles. The molecule has 2 N–H and O–H groups in total. The maximum Gasteiger partial charge on any atom is 0.297 e. The Hall–Kier alpha value is -2.70. The third-order valence-corrected chi connectivity index (χ3v) is 5.34. The number of hydrogen-bond donors (Lipinski definition) is 2. The molecule has 0 aromatic heterocycles. The molecule has 1 heterocycles. The summed E-state index contributed by atoms with van der Waals surface area (Å²) >= 11 is 5.93. The number of hydrogen-bond acceptors (Lipinski definition) is 5. The van der Waals surface area contributed by atoms with Crippen LogP contribution in [-0.2, 0) is 16.0 Å². The minimum absolute atomic E-state index is 0.118. The van der Waals surface area contributed by atoms with Crippen LogP contribution in [0.15, 0.2) is 42.2 Å². The molecular formula is C23H25ClNO5+. The van der Waals surface area contributed by atoms with Gasteiger partial charge in [0.2, 0.25) is 5.75 Å². The highest BCUT2D eigenvalue weighted by molar-refractivity contribution is 6.30. The number of Topliss-reactive ketones (excluding diaryl/α,β-unsaturated/α-hetero) is 1. The second-order valence-corrected chi connectivity index (χ2v) is 8.63. The quantitative estimate of drug-likeness (QED) is 0.723. The van der Waals surface area contributed by atoms with Crippen LogP contribution in [0.25, 0.3) is 5.57 Å². The minimum Gasteiger partial charge on any atom is -0.508 e. The van der Waals surface area contributed by atoms with Crippen LogP contribution in [0.1, 0.15) is 45.7 Å². The Morgan fingerprint density at radius 2 is 1.80 bits per heavy atom. The molecule has 0 fully saturated rings. The van der Waals surface area contributed by atoms with Crippen molar-refractivity contribution < 1.29 is 24.6 Å². The first-order valence-electron chi connectivity index (χ1n) is 9.67. The van der Waals surface area contributed by atoms with Crippen LogP contribution in [-0.4, -0.2) is 22.1 Å². The monoisotopic (exact) mass is 430 g/mol. The topological polar surface area (TPSA) is 86.8 Å². The van der Waals surface area contributed by atoms with Crippen LogP contribution in [0.2, 0.25) is 5.02 Å². The number of benzene rings is 2. The van der Waals surface area contributed by atoms with Gasteiger partial charge in [-0.05, 0) is 69.5 Å². The number of carbonyl (C=O) groups is 1. The van der Waals surface area contributed by atoms with Crippen molar-refractivity contribution in [3.63, 3.8) is 0 Å². The van der Waals surface area contributed by atoms with Crippen molar-refractivity contribution in [3.8, 4) is 11.5 Å². The second-order valence-electron chi connectivity index (χ2n) is 8.19. The van der Waals surface area contributed by atoms with Gasteiger partial charge >= 0.3 is 0 Å². The average molecular weight is 431 g/mol. The zero-order valence-electron chi connectivity index (χ0n) is 17.6. The summed E-state index contributed by atoms with van der Waals surface area (Å²) in [5.41, 5.74) is -0.254. The lowest BCUT2D eigenvalue weighted by Crippen LogP contribution is -2.55. The summed E-state index contributed by atoms with van der Waals surface area (Å²) in [5.74, 6) is 0.282. The van der Waals surface area contributed by atoms with Crippen LogP contribution >= 0.6 is 11.6 Å². The highest BCUT2D eigenvalue weighted by Crippen LogP contribution is 2.42. The lowest BCUT2D eigenvalue weighted by Gasteiger charge is -2.40. The first-order chi connectivity index (χ1) is 14.0. The number of rotatable bonds is 5. The average Bonchev–Trinajstić information content (AvgIpc) is 2.68. The summed E-state index contributed by atoms with van der Waals surface area (Å²) in [4.78, 5) is 24.4. The molecule has 158 valence electrons. The van der Waals surface area contributed by atoms with Crippen LogP contribution < -0.4 is 9.91 Å². The third kappa shape index (κ3) is 3.98. The Morgan fingerprint density at radius 3 is 2.43 bits per heavy atom. The molecule has 0 spiro atoms. The highest BCUT2D eigenvalue weighted by atomic mass is 35.5. The molecule has 2 aromatic carbocycles. The number of nitrogens with one attached hydrogen (secondary N) is 1. The van der Waals surface area contributed by atoms with Gasteiger partial charge in [-0.15, -0.1) is 0 Å². The molecule has 0 saturated heterocycles. The standard InChI is InChI=1S/C23H24ClNO5/c1-6-13-7-9-15(29-18-10-8-14(24)11-17(18)25-28)12-16(13)19-20(26)22(2,3)30-23(4,5)21(19)27/h7-12,26H,6H2,1-5H3/p+1. The lowest BCUT2D eigenvalue weighted by molar-refractivity contribution is -0.380. The van der Waals surface area contributed by atoms with Crippen molar-refractivity contribution in [1.82, 2.24) is 0 Å². The predicted octanol–water partition coefficient (Wildman–Crippen LogP) is 4.60. The molecule has 0 amide bonds. The molecule has 3 rings (SSSR count). The van der Waals surface area contributed by atoms with Gasteiger partial charge in [0.1, 0.15) is 22.7 Å². The van der Waals surface area contributed by atoms with E-state index in [4.69, 9.17) is 21.1 Å². The second kappa shape index (κ2) is 7.85. The van der Waals surface area contributed by atoms with Gasteiger partial charge in [0.15, 0.2) is 5.78 Å². The first kappa shape index (κ1) is 22.0. The molecule has 0 unspecified atom stereocenters. The van der Waals surface area contributed by atoms with Crippen LogP contribution in [0.3, 0.4) is 0 Å². The van der Waals surface area contributed by atoms with E-state index in [1.807, 2.05) is 18.2 Å². The molecule has 7 heteroatoms. The highest BCUT2D eigenvalue weighted by Gasteiger charge is 2.47. The maximum absolute atomic E-state index is 13.2. The van der Waals surface area contributed by atoms with Crippen molar-refractivity contribution in [2.45, 2.75) is 52.2 Å². The van der Waals surface area contributed by atoms with E-state index < -0.39 is 11.2 Å². The summed E-state index contributed by atoms with van der Waals surface area (Å²) in [6.07, 6.45) is 0.649. The van der Waals surface area contributed by atoms with Crippen molar-refractivity contribution in [2.24, 2.45) is 0 Å². The summed E-state index contributed by atoms with van der Waals surface area (Å²) in [6.45, 7) is 8.80. The Morgan fingerprint density at radius 1 is 1.10 bits per heavy atom. The summed E-state index contributed by atoms with van der Waals surface area (Å²) in [6, 6.07) is 9.95. The number of ether oxygens (including phenoxy) is 2. The van der Waals surface area contributed by atoms with Gasteiger partial charge in [0, 0.05) is 21.2 Å². The SMILES string of the molecule is CCc1ccc(Oc2ccc(Cl)cc2[NH+]=O)cc1C1=C(O)C(C)(C)OC(C)(C)C1=O. The molecule has 30 heavy (non-hydrogen) atoms. The molecule has 2 aromatic rings. The molecule has 0 bridgehead atoms. The van der Waals surface area contributed by atoms with Gasteiger partial charge in [0.25, 0.3) is 5.69 Å². The summed E-state index contributed by atoms with van der Waals surface area (Å²) in [5, 5.41) is 13.1. The van der Waals surface area contributed by atoms with Gasteiger partial charge in [-0.1, -0.05) is 24.6 Å². The molecule has 0 radical (unpaired) electrons. The van der Waals surface area contributed by atoms with E-state index in [0.29, 0.717) is 28.5 Å². The Kier molecular flexibility index (Phi) is 5.76. The molecule has 6 nitrogen and oxygen atoms in total. The summed E-state index contributed by atoms with van der Waals surface area (Å²) in [7, 11) is 0. The fraction of sp³-hybridized carbons (Fsp3) is 0.348. The fourth-order valence-electron chi connectivity index (χ4n) is 3.65. The van der Waals surface area contributed by atoms with E-state index in [1.54, 1.807) is 52.0 Å². The number of ketones is 1. The molecule has 0 saturated carbocycles. The van der Waals surface area contributed by atoms with Crippen LogP contribution in [0.5, 0.6) is 11.5 Å². The molecular weight excluding hydrogens is 406 g/mol. The van der Waals surface area contributed by atoms with Gasteiger partial charge in [-0.3, -0.25) is 4.79 Å². The molecule has 1 aliphatic rings. The van der Waals surface area contributed by atoms with E-state index >= 15 is 0 Å². The Bertz CT molecular complexity index is 1060. The van der Waals surface area contributed by atoms with Gasteiger partial charge in [-0.25, -0.2) is 0 Å². The van der Waals surface area contributed by atoms with Crippen molar-refractivity contribution in [1.29, 1.82) is 0 Å². The van der Waals surface area contributed by atoms with Gasteiger partial charge in [0.05, 0.1) is 5.57 Å². The first-order valence-corrected chi connectivity index (χ1v) is 10.1. The van der Waals surface area contributed by atoms with Gasteiger partial charge in [-0.2, -0.15) is 0 Å². The lowest BCUT2D eigenvalue weighted by atomic mass is 9.81. The zero-order valence-corrected chi connectivity index (χ0v) is 18.4. The normalized spacial score (nSPS) is 17.7. The van der Waals surface area contributed by atoms with E-state index in [9.17, 15) is 14.8 Å². The Labute approximate surface area is 180 Å². The van der Waals surface area contributed by atoms with E-state index in [1.165, 1.54) is 6.07 Å². The maximum atomic E-state index is 13.2. The number of aryl methyl sites for hydroxylation is 1. The number of halogens is 1. The van der Waals surface area contributed by atoms with Crippen LogP contribution in [0, 0.1) is 4.91 Å². The van der Waals surface area contributed by atoms with E-state index in [2.05, 4.69) is 0 Å². The fourth-order valence-corrected chi connectivity index (χ4v) is 3.82. The van der Waals surface area contributed by atoms with Gasteiger partial charge < -0.3 is 14.6 Å². The minimum atomic E-state index is -1.09. The number of carbonyl (C=O) groups excluding carboxylic acids is 1. The zero-order chi connectivity index (χ0) is 22.3. The predicted molar refractivity (Wildman–Crippen MR) is 115 cm³/mol. The van der Waals surface area contributed by atoms with Crippen LogP contribution in [0.4, 0.5) is 5.69 Å². The van der Waals surface area contributed by atoms with Crippen molar-refractivity contribution in [2.75, 3.05) is 0 Å². The molecule has 0 atom stereocenters. The number of aliphatic hydroxyl groups is 1. The smallest absolute Gasteiger partial charge is 0.297 e. The van der Waals surface area contributed by atoms with E-state index in [-0.39, 0.29) is 22.8 Å². The Balaban J connectivity index is 2.14. The number of nitroso groups, excluding NO2 is 1. The number of aliphatic hydroxyl groups excluding tert-OH is 1. The third-order valence-electron chi connectivity index (χ3n) is 5.10. The summed E-state index contributed by atoms with van der Waals surface area (Å²) < 4.78 is 11.7.